The zero-order valence-electron chi connectivity index (χ0n) is 17.4. The minimum atomic E-state index is -0.771. The molecule has 32 heavy (non-hydrogen) atoms. The molecule has 4 rings (SSSR count). The molecule has 1 amide bonds. The van der Waals surface area contributed by atoms with Gasteiger partial charge in [0, 0.05) is 46.4 Å². The number of ketones is 1. The van der Waals surface area contributed by atoms with E-state index in [1.54, 1.807) is 37.4 Å². The Morgan fingerprint density at radius 3 is 2.69 bits per heavy atom. The van der Waals surface area contributed by atoms with Crippen molar-refractivity contribution in [3.63, 3.8) is 0 Å². The summed E-state index contributed by atoms with van der Waals surface area (Å²) in [4.78, 5) is 34.4. The van der Waals surface area contributed by atoms with E-state index in [2.05, 4.69) is 15.3 Å². The molecule has 3 N–H and O–H groups in total. The number of benzene rings is 1. The number of nitrogens with two attached hydrogens (primary N) is 1. The first-order valence-corrected chi connectivity index (χ1v) is 10.1. The fourth-order valence-corrected chi connectivity index (χ4v) is 3.66. The average molecular weight is 450 g/mol. The van der Waals surface area contributed by atoms with Gasteiger partial charge in [-0.1, -0.05) is 11.6 Å². The van der Waals surface area contributed by atoms with Crippen molar-refractivity contribution in [2.75, 3.05) is 18.2 Å². The van der Waals surface area contributed by atoms with Crippen molar-refractivity contribution in [3.8, 4) is 5.88 Å². The highest BCUT2D eigenvalue weighted by molar-refractivity contribution is 6.48. The van der Waals surface area contributed by atoms with Crippen LogP contribution in [-0.4, -0.2) is 33.3 Å². The van der Waals surface area contributed by atoms with E-state index in [9.17, 15) is 9.59 Å². The minimum Gasteiger partial charge on any atom is -0.481 e. The van der Waals surface area contributed by atoms with Gasteiger partial charge < -0.3 is 20.4 Å². The van der Waals surface area contributed by atoms with E-state index in [4.69, 9.17) is 22.1 Å². The standard InChI is InChI=1S/C23H20ClN5O3/c1-13-21(22(30)23(31)28-16-7-8-26-20(10-16)32-2)18-9-15(25)4-6-19(18)29(13)12-17-5-3-14(24)11-27-17/h3-11H,12,25H2,1-2H3,(H,26,28,31). The number of hydrogen-bond donors (Lipinski definition) is 2. The Hall–Kier alpha value is -3.91. The van der Waals surface area contributed by atoms with Gasteiger partial charge in [0.25, 0.3) is 11.7 Å². The normalized spacial score (nSPS) is 10.8. The Morgan fingerprint density at radius 1 is 1.16 bits per heavy atom. The van der Waals surface area contributed by atoms with Crippen LogP contribution < -0.4 is 15.8 Å². The second-order valence-electron chi connectivity index (χ2n) is 7.16. The van der Waals surface area contributed by atoms with Gasteiger partial charge in [-0.15, -0.1) is 0 Å². The van der Waals surface area contributed by atoms with Crippen molar-refractivity contribution < 1.29 is 14.3 Å². The van der Waals surface area contributed by atoms with Gasteiger partial charge in [-0.05, 0) is 43.3 Å². The molecule has 0 unspecified atom stereocenters. The Labute approximate surface area is 189 Å². The van der Waals surface area contributed by atoms with E-state index in [0.717, 1.165) is 11.2 Å². The van der Waals surface area contributed by atoms with Crippen LogP contribution in [0.25, 0.3) is 10.9 Å². The molecule has 9 heteroatoms. The van der Waals surface area contributed by atoms with Crippen molar-refractivity contribution in [3.05, 3.63) is 76.8 Å². The number of nitrogen functional groups attached to an aromatic ring is 1. The highest BCUT2D eigenvalue weighted by atomic mass is 35.5. The molecular weight excluding hydrogens is 430 g/mol. The maximum absolute atomic E-state index is 13.2. The minimum absolute atomic E-state index is 0.291. The van der Waals surface area contributed by atoms with Crippen LogP contribution in [-0.2, 0) is 11.3 Å². The smallest absolute Gasteiger partial charge is 0.296 e. The van der Waals surface area contributed by atoms with Crippen molar-refractivity contribution in [1.82, 2.24) is 14.5 Å². The molecule has 8 nitrogen and oxygen atoms in total. The molecule has 3 aromatic heterocycles. The van der Waals surface area contributed by atoms with Gasteiger partial charge in [0.2, 0.25) is 5.88 Å². The number of nitrogens with one attached hydrogen (secondary N) is 1. The SMILES string of the molecule is COc1cc(NC(=O)C(=O)c2c(C)n(Cc3ccc(Cl)cn3)c3ccc(N)cc23)ccn1. The van der Waals surface area contributed by atoms with Gasteiger partial charge >= 0.3 is 0 Å². The monoisotopic (exact) mass is 449 g/mol. The first-order valence-electron chi connectivity index (χ1n) is 9.72. The van der Waals surface area contributed by atoms with Gasteiger partial charge in [-0.3, -0.25) is 14.6 Å². The molecule has 1 aromatic carbocycles. The molecule has 0 saturated carbocycles. The molecule has 3 heterocycles. The van der Waals surface area contributed by atoms with E-state index < -0.39 is 11.7 Å². The summed E-state index contributed by atoms with van der Waals surface area (Å²) in [5, 5.41) is 3.75. The lowest BCUT2D eigenvalue weighted by molar-refractivity contribution is -0.112. The number of fused-ring (bicyclic) bond motifs is 1. The summed E-state index contributed by atoms with van der Waals surface area (Å²) in [6, 6.07) is 12.0. The van der Waals surface area contributed by atoms with Gasteiger partial charge in [0.15, 0.2) is 0 Å². The number of rotatable bonds is 6. The van der Waals surface area contributed by atoms with Crippen molar-refractivity contribution in [2.45, 2.75) is 13.5 Å². The van der Waals surface area contributed by atoms with Gasteiger partial charge in [0.1, 0.15) is 0 Å². The molecule has 162 valence electrons. The highest BCUT2D eigenvalue weighted by Crippen LogP contribution is 2.29. The van der Waals surface area contributed by atoms with Crippen LogP contribution in [0.4, 0.5) is 11.4 Å². The number of hydrogen-bond acceptors (Lipinski definition) is 6. The number of carbonyl (C=O) groups is 2. The van der Waals surface area contributed by atoms with Crippen LogP contribution in [0.3, 0.4) is 0 Å². The predicted octanol–water partition coefficient (Wildman–Crippen LogP) is 3.85. The summed E-state index contributed by atoms with van der Waals surface area (Å²) in [5.74, 6) is -1.12. The number of aromatic nitrogens is 3. The second kappa shape index (κ2) is 8.68. The average Bonchev–Trinajstić information content (AvgIpc) is 3.05. The van der Waals surface area contributed by atoms with E-state index in [1.165, 1.54) is 19.4 Å². The fraction of sp³-hybridized carbons (Fsp3) is 0.130. The molecule has 0 atom stereocenters. The number of ether oxygens (including phenoxy) is 1. The molecule has 0 bridgehead atoms. The molecule has 0 radical (unpaired) electrons. The van der Waals surface area contributed by atoms with E-state index >= 15 is 0 Å². The number of halogens is 1. The summed E-state index contributed by atoms with van der Waals surface area (Å²) in [6.45, 7) is 2.20. The maximum atomic E-state index is 13.2. The van der Waals surface area contributed by atoms with Crippen LogP contribution in [0, 0.1) is 6.92 Å². The molecule has 4 aromatic rings. The lowest BCUT2D eigenvalue weighted by Crippen LogP contribution is -2.23. The number of carbonyl (C=O) groups excluding carboxylic acids is 2. The molecule has 0 aliphatic heterocycles. The summed E-state index contributed by atoms with van der Waals surface area (Å²) >= 11 is 5.94. The van der Waals surface area contributed by atoms with Crippen LogP contribution in [0.1, 0.15) is 21.7 Å². The van der Waals surface area contributed by atoms with Crippen LogP contribution >= 0.6 is 11.6 Å². The van der Waals surface area contributed by atoms with Gasteiger partial charge in [-0.2, -0.15) is 0 Å². The number of Topliss-reactive ketones (excluding diaryl/α,β-unsaturated/α-hetero) is 1. The Kier molecular flexibility index (Phi) is 5.79. The summed E-state index contributed by atoms with van der Waals surface area (Å²) in [6.07, 6.45) is 3.05. The summed E-state index contributed by atoms with van der Waals surface area (Å²) in [5.41, 5.74) is 9.34. The van der Waals surface area contributed by atoms with Crippen LogP contribution in [0.15, 0.2) is 54.9 Å². The van der Waals surface area contributed by atoms with Crippen LogP contribution in [0.2, 0.25) is 5.02 Å². The third-order valence-corrected chi connectivity index (χ3v) is 5.31. The van der Waals surface area contributed by atoms with Gasteiger partial charge in [-0.25, -0.2) is 4.98 Å². The zero-order valence-corrected chi connectivity index (χ0v) is 18.2. The Morgan fingerprint density at radius 2 is 1.97 bits per heavy atom. The molecule has 0 aliphatic rings. The van der Waals surface area contributed by atoms with Crippen molar-refractivity contribution in [1.29, 1.82) is 0 Å². The first kappa shape index (κ1) is 21.3. The summed E-state index contributed by atoms with van der Waals surface area (Å²) < 4.78 is 6.99. The number of pyridine rings is 2. The second-order valence-corrected chi connectivity index (χ2v) is 7.60. The third-order valence-electron chi connectivity index (χ3n) is 5.09. The van der Waals surface area contributed by atoms with Crippen molar-refractivity contribution in [2.24, 2.45) is 0 Å². The number of amides is 1. The van der Waals surface area contributed by atoms with E-state index in [0.29, 0.717) is 45.5 Å². The largest absolute Gasteiger partial charge is 0.481 e. The van der Waals surface area contributed by atoms with Crippen molar-refractivity contribution >= 4 is 45.6 Å². The Bertz CT molecular complexity index is 1330. The Balaban J connectivity index is 1.73. The number of nitrogens with zero attached hydrogens (tertiary/aromatic N) is 3. The topological polar surface area (TPSA) is 112 Å². The van der Waals surface area contributed by atoms with Crippen LogP contribution in [0.5, 0.6) is 5.88 Å². The van der Waals surface area contributed by atoms with E-state index in [1.807, 2.05) is 16.7 Å². The molecule has 0 saturated heterocycles. The maximum Gasteiger partial charge on any atom is 0.296 e. The number of methoxy groups -OCH3 is 1. The molecule has 0 aliphatic carbocycles. The highest BCUT2D eigenvalue weighted by Gasteiger charge is 2.26. The zero-order chi connectivity index (χ0) is 22.8. The molecule has 0 fully saturated rings. The molecular formula is C23H20ClN5O3. The van der Waals surface area contributed by atoms with Gasteiger partial charge in [0.05, 0.1) is 29.9 Å². The quantitative estimate of drug-likeness (QED) is 0.262. The lowest BCUT2D eigenvalue weighted by Gasteiger charge is -2.09. The van der Waals surface area contributed by atoms with E-state index in [-0.39, 0.29) is 0 Å². The summed E-state index contributed by atoms with van der Waals surface area (Å²) in [7, 11) is 1.47. The third kappa shape index (κ3) is 4.13. The fourth-order valence-electron chi connectivity index (χ4n) is 3.55. The molecule has 0 spiro atoms. The first-order chi connectivity index (χ1) is 15.4. The lowest BCUT2D eigenvalue weighted by atomic mass is 10.1. The number of anilines is 2. The predicted molar refractivity (Wildman–Crippen MR) is 123 cm³/mol.